The number of ether oxygens (including phenoxy) is 2. The van der Waals surface area contributed by atoms with Gasteiger partial charge in [-0.15, -0.1) is 0 Å². The van der Waals surface area contributed by atoms with Gasteiger partial charge in [-0.2, -0.15) is 0 Å². The standard InChI is InChI=1S/C32H40FN3O5/c1-20(2)18-27(31(39)41-32(4,5)6)35-16-7-17-40-23-11-9-22(10-12-23)36-28(37)15-14-25(30(36)34)29(38)24-13-8-21(3)19-26(24)33/h8-15,19-20,27,35H,7,16-18,34H2,1-6H3/t27-/m0/s1. The van der Waals surface area contributed by atoms with Crippen LogP contribution in [0.15, 0.2) is 59.4 Å². The maximum absolute atomic E-state index is 14.4. The fraction of sp³-hybridized carbons (Fsp3) is 0.406. The van der Waals surface area contributed by atoms with Gasteiger partial charge in [0.2, 0.25) is 0 Å². The molecule has 0 aliphatic carbocycles. The van der Waals surface area contributed by atoms with Crippen molar-refractivity contribution in [1.29, 1.82) is 0 Å². The van der Waals surface area contributed by atoms with Crippen LogP contribution >= 0.6 is 0 Å². The zero-order chi connectivity index (χ0) is 30.3. The predicted octanol–water partition coefficient (Wildman–Crippen LogP) is 5.21. The SMILES string of the molecule is Cc1ccc(C(=O)c2ccc(=O)n(-c3ccc(OCCCN[C@@H](CC(C)C)C(=O)OC(C)(C)C)cc3)c2N)c(F)c1. The minimum absolute atomic E-state index is 0.0299. The summed E-state index contributed by atoms with van der Waals surface area (Å²) in [5, 5.41) is 3.28. The molecule has 2 aromatic carbocycles. The maximum Gasteiger partial charge on any atom is 0.323 e. The number of nitrogen functional groups attached to an aromatic ring is 1. The molecule has 0 aliphatic rings. The molecule has 0 aliphatic heterocycles. The Morgan fingerprint density at radius 3 is 2.29 bits per heavy atom. The van der Waals surface area contributed by atoms with Crippen molar-refractivity contribution in [1.82, 2.24) is 9.88 Å². The van der Waals surface area contributed by atoms with Crippen LogP contribution in [0.2, 0.25) is 0 Å². The monoisotopic (exact) mass is 565 g/mol. The normalized spacial score (nSPS) is 12.3. The molecule has 41 heavy (non-hydrogen) atoms. The van der Waals surface area contributed by atoms with Crippen LogP contribution in [0.1, 0.15) is 68.9 Å². The highest BCUT2D eigenvalue weighted by atomic mass is 19.1. The topological polar surface area (TPSA) is 113 Å². The molecule has 3 rings (SSSR count). The summed E-state index contributed by atoms with van der Waals surface area (Å²) in [6.45, 7) is 12.4. The molecule has 0 unspecified atom stereocenters. The molecule has 0 radical (unpaired) electrons. The molecule has 9 heteroatoms. The van der Waals surface area contributed by atoms with Gasteiger partial charge in [-0.05, 0) is 101 Å². The van der Waals surface area contributed by atoms with Crippen LogP contribution < -0.4 is 21.3 Å². The Morgan fingerprint density at radius 2 is 1.68 bits per heavy atom. The number of nitrogens with one attached hydrogen (secondary N) is 1. The van der Waals surface area contributed by atoms with E-state index in [1.165, 1.54) is 28.8 Å². The first kappa shape index (κ1) is 31.5. The second kappa shape index (κ2) is 13.6. The Kier molecular flexibility index (Phi) is 10.5. The van der Waals surface area contributed by atoms with Crippen molar-refractivity contribution in [2.24, 2.45) is 5.92 Å². The summed E-state index contributed by atoms with van der Waals surface area (Å²) < 4.78 is 27.0. The van der Waals surface area contributed by atoms with Gasteiger partial charge in [0.15, 0.2) is 5.78 Å². The lowest BCUT2D eigenvalue weighted by Gasteiger charge is -2.25. The Balaban J connectivity index is 1.63. The predicted molar refractivity (Wildman–Crippen MR) is 158 cm³/mol. The number of hydrogen-bond donors (Lipinski definition) is 2. The van der Waals surface area contributed by atoms with Gasteiger partial charge in [0.05, 0.1) is 23.4 Å². The number of nitrogens with two attached hydrogens (primary N) is 1. The number of hydrogen-bond acceptors (Lipinski definition) is 7. The molecule has 0 saturated carbocycles. The molecule has 1 heterocycles. The van der Waals surface area contributed by atoms with Crippen LogP contribution in [-0.4, -0.2) is 41.1 Å². The van der Waals surface area contributed by atoms with Gasteiger partial charge in [0.25, 0.3) is 5.56 Å². The van der Waals surface area contributed by atoms with E-state index in [9.17, 15) is 18.8 Å². The molecular formula is C32H40FN3O5. The number of aryl methyl sites for hydroxylation is 1. The van der Waals surface area contributed by atoms with E-state index in [4.69, 9.17) is 15.2 Å². The second-order valence-electron chi connectivity index (χ2n) is 11.5. The zero-order valence-electron chi connectivity index (χ0n) is 24.6. The number of anilines is 1. The molecule has 1 atom stereocenters. The Labute approximate surface area is 240 Å². The minimum Gasteiger partial charge on any atom is -0.494 e. The summed E-state index contributed by atoms with van der Waals surface area (Å²) in [7, 11) is 0. The van der Waals surface area contributed by atoms with Crippen molar-refractivity contribution >= 4 is 17.6 Å². The number of esters is 1. The average molecular weight is 566 g/mol. The molecule has 0 amide bonds. The minimum atomic E-state index is -0.649. The van der Waals surface area contributed by atoms with Crippen LogP contribution in [-0.2, 0) is 9.53 Å². The second-order valence-corrected chi connectivity index (χ2v) is 11.5. The number of benzene rings is 2. The zero-order valence-corrected chi connectivity index (χ0v) is 24.6. The van der Waals surface area contributed by atoms with E-state index in [-0.39, 0.29) is 29.0 Å². The number of rotatable bonds is 12. The van der Waals surface area contributed by atoms with Gasteiger partial charge in [0.1, 0.15) is 29.0 Å². The highest BCUT2D eigenvalue weighted by Gasteiger charge is 2.25. The number of ketones is 1. The van der Waals surface area contributed by atoms with Gasteiger partial charge in [-0.25, -0.2) is 4.39 Å². The van der Waals surface area contributed by atoms with Crippen molar-refractivity contribution in [3.63, 3.8) is 0 Å². The molecule has 0 fully saturated rings. The molecule has 220 valence electrons. The van der Waals surface area contributed by atoms with Crippen molar-refractivity contribution in [3.8, 4) is 11.4 Å². The average Bonchev–Trinajstić information content (AvgIpc) is 2.87. The third kappa shape index (κ3) is 8.75. The molecule has 8 nitrogen and oxygen atoms in total. The van der Waals surface area contributed by atoms with Gasteiger partial charge in [0, 0.05) is 6.07 Å². The number of nitrogens with zero attached hydrogens (tertiary/aromatic N) is 1. The van der Waals surface area contributed by atoms with E-state index in [1.807, 2.05) is 20.8 Å². The molecule has 0 spiro atoms. The van der Waals surface area contributed by atoms with Crippen molar-refractivity contribution < 1.29 is 23.5 Å². The maximum atomic E-state index is 14.4. The van der Waals surface area contributed by atoms with Crippen LogP contribution in [0.4, 0.5) is 10.2 Å². The third-order valence-electron chi connectivity index (χ3n) is 6.22. The van der Waals surface area contributed by atoms with Gasteiger partial charge < -0.3 is 20.5 Å². The number of carbonyl (C=O) groups excluding carboxylic acids is 2. The van der Waals surface area contributed by atoms with Gasteiger partial charge >= 0.3 is 5.97 Å². The van der Waals surface area contributed by atoms with Crippen molar-refractivity contribution in [3.05, 3.63) is 87.5 Å². The van der Waals surface area contributed by atoms with Gasteiger partial charge in [-0.1, -0.05) is 19.9 Å². The summed E-state index contributed by atoms with van der Waals surface area (Å²) in [6, 6.07) is 13.2. The number of pyridine rings is 1. The van der Waals surface area contributed by atoms with Crippen LogP contribution in [0, 0.1) is 18.7 Å². The lowest BCUT2D eigenvalue weighted by Crippen LogP contribution is -2.42. The van der Waals surface area contributed by atoms with E-state index in [0.29, 0.717) is 48.9 Å². The lowest BCUT2D eigenvalue weighted by atomic mass is 10.0. The van der Waals surface area contributed by atoms with E-state index in [2.05, 4.69) is 19.2 Å². The number of aromatic nitrogens is 1. The van der Waals surface area contributed by atoms with E-state index < -0.39 is 22.8 Å². The Morgan fingerprint density at radius 1 is 1.02 bits per heavy atom. The van der Waals surface area contributed by atoms with E-state index in [0.717, 1.165) is 0 Å². The van der Waals surface area contributed by atoms with E-state index >= 15 is 0 Å². The summed E-state index contributed by atoms with van der Waals surface area (Å²) in [6.07, 6.45) is 1.33. The Hall–Kier alpha value is -3.98. The first-order valence-electron chi connectivity index (χ1n) is 13.8. The number of halogens is 1. The highest BCUT2D eigenvalue weighted by Crippen LogP contribution is 2.22. The number of carbonyl (C=O) groups is 2. The molecule has 3 aromatic rings. The summed E-state index contributed by atoms with van der Waals surface area (Å²) in [5.74, 6) is -0.678. The quantitative estimate of drug-likeness (QED) is 0.176. The van der Waals surface area contributed by atoms with Crippen LogP contribution in [0.3, 0.4) is 0 Å². The van der Waals surface area contributed by atoms with Crippen LogP contribution in [0.5, 0.6) is 5.75 Å². The highest BCUT2D eigenvalue weighted by molar-refractivity contribution is 6.11. The summed E-state index contributed by atoms with van der Waals surface area (Å²) in [4.78, 5) is 38.2. The van der Waals surface area contributed by atoms with Crippen molar-refractivity contribution in [2.75, 3.05) is 18.9 Å². The van der Waals surface area contributed by atoms with E-state index in [1.54, 1.807) is 37.3 Å². The molecular weight excluding hydrogens is 525 g/mol. The molecule has 1 aromatic heterocycles. The molecule has 0 bridgehead atoms. The first-order valence-corrected chi connectivity index (χ1v) is 13.8. The smallest absolute Gasteiger partial charge is 0.323 e. The Bertz CT molecular complexity index is 1420. The van der Waals surface area contributed by atoms with Gasteiger partial charge in [-0.3, -0.25) is 19.0 Å². The largest absolute Gasteiger partial charge is 0.494 e. The van der Waals surface area contributed by atoms with Crippen LogP contribution in [0.25, 0.3) is 5.69 Å². The first-order chi connectivity index (χ1) is 19.3. The third-order valence-corrected chi connectivity index (χ3v) is 6.22. The molecule has 3 N–H and O–H groups in total. The molecule has 0 saturated heterocycles. The summed E-state index contributed by atoms with van der Waals surface area (Å²) in [5.41, 5.74) is 6.31. The summed E-state index contributed by atoms with van der Waals surface area (Å²) >= 11 is 0. The fourth-order valence-electron chi connectivity index (χ4n) is 4.30. The van der Waals surface area contributed by atoms with Crippen molar-refractivity contribution in [2.45, 2.75) is 66.0 Å². The lowest BCUT2D eigenvalue weighted by molar-refractivity contribution is -0.158. The fourth-order valence-corrected chi connectivity index (χ4v) is 4.30.